The molecule has 0 bridgehead atoms. The number of amides is 1. The van der Waals surface area contributed by atoms with Gasteiger partial charge in [0.2, 0.25) is 0 Å². The summed E-state index contributed by atoms with van der Waals surface area (Å²) in [6.07, 6.45) is 5.27. The minimum absolute atomic E-state index is 0.125. The Hall–Kier alpha value is -3.10. The first-order valence-electron chi connectivity index (χ1n) is 9.90. The molecular formula is C22H24N6OS. The lowest BCUT2D eigenvalue weighted by Crippen LogP contribution is -2.41. The quantitative estimate of drug-likeness (QED) is 0.477. The van der Waals surface area contributed by atoms with E-state index in [1.54, 1.807) is 40.4 Å². The fraction of sp³-hybridized carbons (Fsp3) is 0.273. The van der Waals surface area contributed by atoms with Crippen LogP contribution in [0.2, 0.25) is 0 Å². The number of pyridine rings is 1. The van der Waals surface area contributed by atoms with Gasteiger partial charge in [0.25, 0.3) is 5.91 Å². The molecule has 0 spiro atoms. The highest BCUT2D eigenvalue weighted by Gasteiger charge is 2.14. The van der Waals surface area contributed by atoms with Gasteiger partial charge in [-0.25, -0.2) is 9.50 Å². The smallest absolute Gasteiger partial charge is 0.251 e. The van der Waals surface area contributed by atoms with E-state index in [0.717, 1.165) is 16.1 Å². The van der Waals surface area contributed by atoms with Gasteiger partial charge in [-0.3, -0.25) is 9.78 Å². The van der Waals surface area contributed by atoms with Crippen molar-refractivity contribution >= 4 is 22.9 Å². The predicted octanol–water partition coefficient (Wildman–Crippen LogP) is 3.64. The minimum atomic E-state index is -0.125. The summed E-state index contributed by atoms with van der Waals surface area (Å²) in [4.78, 5) is 23.0. The SMILES string of the molecule is CC(C)NC(C)CNC(=O)c1ccnc(-c2cnn3ccc(-c4cccs4)nc23)c1. The highest BCUT2D eigenvalue weighted by Crippen LogP contribution is 2.27. The van der Waals surface area contributed by atoms with E-state index in [2.05, 4.69) is 34.6 Å². The maximum absolute atomic E-state index is 12.6. The molecule has 2 N–H and O–H groups in total. The van der Waals surface area contributed by atoms with Crippen molar-refractivity contribution in [2.45, 2.75) is 32.9 Å². The van der Waals surface area contributed by atoms with Crippen molar-refractivity contribution in [3.05, 3.63) is 59.9 Å². The molecule has 0 saturated heterocycles. The number of hydrogen-bond donors (Lipinski definition) is 2. The summed E-state index contributed by atoms with van der Waals surface area (Å²) in [6.45, 7) is 6.77. The molecule has 4 aromatic rings. The number of rotatable bonds is 7. The molecule has 4 aromatic heterocycles. The second-order valence-electron chi connectivity index (χ2n) is 7.48. The summed E-state index contributed by atoms with van der Waals surface area (Å²) >= 11 is 1.64. The van der Waals surface area contributed by atoms with E-state index < -0.39 is 0 Å². The molecule has 8 heteroatoms. The van der Waals surface area contributed by atoms with Crippen LogP contribution in [0.3, 0.4) is 0 Å². The Bertz CT molecular complexity index is 1150. The number of nitrogens with zero attached hydrogens (tertiary/aromatic N) is 4. The summed E-state index contributed by atoms with van der Waals surface area (Å²) in [5.74, 6) is -0.125. The Morgan fingerprint density at radius 3 is 2.83 bits per heavy atom. The van der Waals surface area contributed by atoms with Crippen LogP contribution in [0, 0.1) is 0 Å². The molecule has 0 saturated carbocycles. The molecule has 30 heavy (non-hydrogen) atoms. The molecule has 0 fully saturated rings. The third-order valence-electron chi connectivity index (χ3n) is 4.63. The molecule has 1 atom stereocenters. The molecule has 0 radical (unpaired) electrons. The zero-order chi connectivity index (χ0) is 21.1. The number of fused-ring (bicyclic) bond motifs is 1. The van der Waals surface area contributed by atoms with E-state index in [1.165, 1.54) is 0 Å². The molecule has 4 rings (SSSR count). The topological polar surface area (TPSA) is 84.2 Å². The van der Waals surface area contributed by atoms with Crippen molar-refractivity contribution in [2.75, 3.05) is 6.54 Å². The van der Waals surface area contributed by atoms with Gasteiger partial charge in [0.15, 0.2) is 5.65 Å². The van der Waals surface area contributed by atoms with E-state index >= 15 is 0 Å². The summed E-state index contributed by atoms with van der Waals surface area (Å²) in [6, 6.07) is 10.0. The average molecular weight is 421 g/mol. The lowest BCUT2D eigenvalue weighted by atomic mass is 10.1. The van der Waals surface area contributed by atoms with Gasteiger partial charge in [0.1, 0.15) is 0 Å². The minimum Gasteiger partial charge on any atom is -0.350 e. The van der Waals surface area contributed by atoms with Gasteiger partial charge in [0.05, 0.1) is 28.0 Å². The first-order chi connectivity index (χ1) is 14.5. The van der Waals surface area contributed by atoms with Gasteiger partial charge in [-0.1, -0.05) is 19.9 Å². The fourth-order valence-electron chi connectivity index (χ4n) is 3.31. The Morgan fingerprint density at radius 1 is 1.20 bits per heavy atom. The van der Waals surface area contributed by atoms with Crippen molar-refractivity contribution in [1.29, 1.82) is 0 Å². The van der Waals surface area contributed by atoms with Crippen LogP contribution < -0.4 is 10.6 Å². The Kier molecular flexibility index (Phi) is 5.87. The summed E-state index contributed by atoms with van der Waals surface area (Å²) in [5.41, 5.74) is 3.62. The lowest BCUT2D eigenvalue weighted by molar-refractivity contribution is 0.0949. The van der Waals surface area contributed by atoms with Gasteiger partial charge in [-0.05, 0) is 36.6 Å². The van der Waals surface area contributed by atoms with Crippen LogP contribution in [0.1, 0.15) is 31.1 Å². The van der Waals surface area contributed by atoms with Crippen LogP contribution in [0.15, 0.2) is 54.3 Å². The van der Waals surface area contributed by atoms with Crippen LogP contribution in [0.5, 0.6) is 0 Å². The molecule has 0 aromatic carbocycles. The third kappa shape index (κ3) is 4.39. The first kappa shape index (κ1) is 20.2. The van der Waals surface area contributed by atoms with Gasteiger partial charge in [-0.2, -0.15) is 5.10 Å². The molecule has 1 amide bonds. The number of nitrogens with one attached hydrogen (secondary N) is 2. The number of carbonyl (C=O) groups excluding carboxylic acids is 1. The van der Waals surface area contributed by atoms with Crippen molar-refractivity contribution in [1.82, 2.24) is 30.2 Å². The van der Waals surface area contributed by atoms with E-state index in [9.17, 15) is 4.79 Å². The van der Waals surface area contributed by atoms with Crippen molar-refractivity contribution in [3.63, 3.8) is 0 Å². The lowest BCUT2D eigenvalue weighted by Gasteiger charge is -2.17. The monoisotopic (exact) mass is 420 g/mol. The van der Waals surface area contributed by atoms with Crippen LogP contribution in [-0.4, -0.2) is 44.1 Å². The zero-order valence-corrected chi connectivity index (χ0v) is 18.0. The van der Waals surface area contributed by atoms with Gasteiger partial charge < -0.3 is 10.6 Å². The molecule has 4 heterocycles. The van der Waals surface area contributed by atoms with Crippen molar-refractivity contribution in [3.8, 4) is 21.8 Å². The maximum Gasteiger partial charge on any atom is 0.251 e. The summed E-state index contributed by atoms with van der Waals surface area (Å²) in [5, 5.41) is 12.8. The molecule has 0 aliphatic heterocycles. The number of carbonyl (C=O) groups is 1. The second kappa shape index (κ2) is 8.73. The zero-order valence-electron chi connectivity index (χ0n) is 17.2. The van der Waals surface area contributed by atoms with E-state index in [1.807, 2.05) is 36.7 Å². The first-order valence-corrected chi connectivity index (χ1v) is 10.8. The summed E-state index contributed by atoms with van der Waals surface area (Å²) in [7, 11) is 0. The molecule has 7 nitrogen and oxygen atoms in total. The third-order valence-corrected chi connectivity index (χ3v) is 5.52. The van der Waals surface area contributed by atoms with Gasteiger partial charge in [0, 0.05) is 36.6 Å². The highest BCUT2D eigenvalue weighted by atomic mass is 32.1. The largest absolute Gasteiger partial charge is 0.350 e. The van der Waals surface area contributed by atoms with E-state index in [-0.39, 0.29) is 11.9 Å². The number of aromatic nitrogens is 4. The van der Waals surface area contributed by atoms with Crippen LogP contribution in [-0.2, 0) is 0 Å². The molecular weight excluding hydrogens is 396 g/mol. The Labute approximate surface area is 179 Å². The molecule has 154 valence electrons. The van der Waals surface area contributed by atoms with Gasteiger partial charge >= 0.3 is 0 Å². The standard InChI is InChI=1S/C22H24N6OS/c1-14(2)26-15(3)12-24-22(29)16-6-8-23-19(11-16)17-13-25-28-9-7-18(27-21(17)28)20-5-4-10-30-20/h4-11,13-15,26H,12H2,1-3H3,(H,24,29). The Morgan fingerprint density at radius 2 is 2.07 bits per heavy atom. The van der Waals surface area contributed by atoms with Crippen LogP contribution in [0.4, 0.5) is 0 Å². The molecule has 0 aliphatic carbocycles. The normalized spacial score (nSPS) is 12.4. The molecule has 1 unspecified atom stereocenters. The maximum atomic E-state index is 12.6. The highest BCUT2D eigenvalue weighted by molar-refractivity contribution is 7.13. The average Bonchev–Trinajstić information content (AvgIpc) is 3.41. The van der Waals surface area contributed by atoms with E-state index in [0.29, 0.717) is 29.5 Å². The number of hydrogen-bond acceptors (Lipinski definition) is 6. The summed E-state index contributed by atoms with van der Waals surface area (Å²) < 4.78 is 1.72. The number of thiophene rings is 1. The Balaban J connectivity index is 1.58. The van der Waals surface area contributed by atoms with E-state index in [4.69, 9.17) is 4.98 Å². The van der Waals surface area contributed by atoms with Crippen LogP contribution >= 0.6 is 11.3 Å². The van der Waals surface area contributed by atoms with Crippen molar-refractivity contribution < 1.29 is 4.79 Å². The fourth-order valence-corrected chi connectivity index (χ4v) is 4.00. The second-order valence-corrected chi connectivity index (χ2v) is 8.43. The van der Waals surface area contributed by atoms with Crippen molar-refractivity contribution in [2.24, 2.45) is 0 Å². The molecule has 0 aliphatic rings. The predicted molar refractivity (Wildman–Crippen MR) is 120 cm³/mol. The van der Waals surface area contributed by atoms with Crippen LogP contribution in [0.25, 0.3) is 27.5 Å². The van der Waals surface area contributed by atoms with Gasteiger partial charge in [-0.15, -0.1) is 11.3 Å².